The van der Waals surface area contributed by atoms with Crippen molar-refractivity contribution in [3.8, 4) is 17.0 Å². The van der Waals surface area contributed by atoms with E-state index in [0.717, 1.165) is 47.6 Å². The Kier molecular flexibility index (Phi) is 12.5. The zero-order chi connectivity index (χ0) is 23.8. The lowest BCUT2D eigenvalue weighted by atomic mass is 9.80. The maximum atomic E-state index is 6.15. The second-order valence-corrected chi connectivity index (χ2v) is 10.5. The highest BCUT2D eigenvalue weighted by molar-refractivity contribution is 5.58. The maximum Gasteiger partial charge on any atom is 0.119 e. The van der Waals surface area contributed by atoms with E-state index in [0.29, 0.717) is 0 Å². The van der Waals surface area contributed by atoms with Crippen LogP contribution in [-0.2, 0) is 6.42 Å². The van der Waals surface area contributed by atoms with Crippen LogP contribution in [0.1, 0.15) is 116 Å². The monoisotopic (exact) mass is 464 g/mol. The normalized spacial score (nSPS) is 18.2. The molecule has 3 nitrogen and oxygen atoms in total. The van der Waals surface area contributed by atoms with Crippen molar-refractivity contribution in [3.05, 3.63) is 42.4 Å². The number of hydrogen-bond donors (Lipinski definition) is 0. The van der Waals surface area contributed by atoms with Crippen molar-refractivity contribution in [2.24, 2.45) is 11.8 Å². The van der Waals surface area contributed by atoms with Gasteiger partial charge in [0.2, 0.25) is 0 Å². The summed E-state index contributed by atoms with van der Waals surface area (Å²) in [6, 6.07) is 8.39. The summed E-state index contributed by atoms with van der Waals surface area (Å²) in [7, 11) is 0. The largest absolute Gasteiger partial charge is 0.493 e. The van der Waals surface area contributed by atoms with Gasteiger partial charge in [-0.3, -0.25) is 9.97 Å². The molecule has 0 atom stereocenters. The van der Waals surface area contributed by atoms with Gasteiger partial charge in [-0.1, -0.05) is 90.9 Å². The Hall–Kier alpha value is -1.90. The van der Waals surface area contributed by atoms with Crippen LogP contribution in [0, 0.1) is 11.8 Å². The molecule has 188 valence electrons. The summed E-state index contributed by atoms with van der Waals surface area (Å²) in [5.74, 6) is 2.65. The Morgan fingerprint density at radius 1 is 0.706 bits per heavy atom. The van der Waals surface area contributed by atoms with Crippen LogP contribution < -0.4 is 4.74 Å². The third kappa shape index (κ3) is 9.76. The van der Waals surface area contributed by atoms with Crippen LogP contribution in [0.25, 0.3) is 11.3 Å². The molecule has 3 heteroatoms. The molecule has 1 aromatic carbocycles. The van der Waals surface area contributed by atoms with Crippen LogP contribution in [0.2, 0.25) is 0 Å². The summed E-state index contributed by atoms with van der Waals surface area (Å²) in [5.41, 5.74) is 3.15. The summed E-state index contributed by atoms with van der Waals surface area (Å²) < 4.78 is 6.15. The molecule has 1 saturated carbocycles. The first-order valence-electron chi connectivity index (χ1n) is 14.3. The quantitative estimate of drug-likeness (QED) is 0.232. The Morgan fingerprint density at radius 2 is 1.35 bits per heavy atom. The van der Waals surface area contributed by atoms with E-state index in [4.69, 9.17) is 4.74 Å². The molecule has 2 aromatic rings. The first kappa shape index (κ1) is 26.7. The zero-order valence-corrected chi connectivity index (χ0v) is 21.9. The molecule has 0 unspecified atom stereocenters. The Morgan fingerprint density at radius 3 is 2.00 bits per heavy atom. The fourth-order valence-corrected chi connectivity index (χ4v) is 5.20. The summed E-state index contributed by atoms with van der Waals surface area (Å²) in [6.45, 7) is 5.40. The highest BCUT2D eigenvalue weighted by Crippen LogP contribution is 2.32. The number of ether oxygens (including phenoxy) is 1. The maximum absolute atomic E-state index is 6.15. The number of aromatic nitrogens is 2. The third-order valence-electron chi connectivity index (χ3n) is 7.56. The molecule has 0 bridgehead atoms. The van der Waals surface area contributed by atoms with Crippen molar-refractivity contribution in [1.82, 2.24) is 9.97 Å². The highest BCUT2D eigenvalue weighted by Gasteiger charge is 2.21. The lowest BCUT2D eigenvalue weighted by Crippen LogP contribution is -2.20. The number of unbranched alkanes of at least 4 members (excludes halogenated alkanes) is 8. The van der Waals surface area contributed by atoms with E-state index >= 15 is 0 Å². The first-order chi connectivity index (χ1) is 16.8. The van der Waals surface area contributed by atoms with Crippen LogP contribution in [-0.4, -0.2) is 16.6 Å². The number of rotatable bonds is 16. The minimum absolute atomic E-state index is 0.719. The second kappa shape index (κ2) is 15.9. The van der Waals surface area contributed by atoms with E-state index in [-0.39, 0.29) is 0 Å². The van der Waals surface area contributed by atoms with Crippen LogP contribution in [0.5, 0.6) is 5.75 Å². The van der Waals surface area contributed by atoms with Gasteiger partial charge in [0, 0.05) is 11.8 Å². The Balaban J connectivity index is 1.33. The lowest BCUT2D eigenvalue weighted by Gasteiger charge is -2.28. The molecule has 0 spiro atoms. The fourth-order valence-electron chi connectivity index (χ4n) is 5.20. The summed E-state index contributed by atoms with van der Waals surface area (Å²) in [6.07, 6.45) is 25.3. The predicted octanol–water partition coefficient (Wildman–Crippen LogP) is 9.20. The van der Waals surface area contributed by atoms with Gasteiger partial charge in [-0.05, 0) is 61.8 Å². The van der Waals surface area contributed by atoms with Crippen molar-refractivity contribution in [1.29, 1.82) is 0 Å². The van der Waals surface area contributed by atoms with E-state index in [1.807, 2.05) is 12.4 Å². The molecule has 1 fully saturated rings. The van der Waals surface area contributed by atoms with Gasteiger partial charge in [0.15, 0.2) is 0 Å². The Bertz CT molecular complexity index is 763. The lowest BCUT2D eigenvalue weighted by molar-refractivity contribution is 0.177. The second-order valence-electron chi connectivity index (χ2n) is 10.5. The number of benzene rings is 1. The number of hydrogen-bond acceptors (Lipinski definition) is 3. The van der Waals surface area contributed by atoms with E-state index in [1.54, 1.807) is 0 Å². The molecular weight excluding hydrogens is 416 g/mol. The molecule has 1 aliphatic carbocycles. The van der Waals surface area contributed by atoms with E-state index in [1.165, 1.54) is 96.3 Å². The summed E-state index contributed by atoms with van der Waals surface area (Å²) >= 11 is 0. The smallest absolute Gasteiger partial charge is 0.119 e. The minimum Gasteiger partial charge on any atom is -0.493 e. The average molecular weight is 465 g/mol. The van der Waals surface area contributed by atoms with Crippen LogP contribution in [0.4, 0.5) is 0 Å². The molecule has 34 heavy (non-hydrogen) atoms. The van der Waals surface area contributed by atoms with Gasteiger partial charge < -0.3 is 4.74 Å². The molecule has 0 radical (unpaired) electrons. The minimum atomic E-state index is 0.719. The molecule has 3 rings (SSSR count). The van der Waals surface area contributed by atoms with E-state index < -0.39 is 0 Å². The third-order valence-corrected chi connectivity index (χ3v) is 7.56. The van der Waals surface area contributed by atoms with E-state index in [2.05, 4.69) is 48.1 Å². The summed E-state index contributed by atoms with van der Waals surface area (Å²) in [5, 5.41) is 0. The zero-order valence-electron chi connectivity index (χ0n) is 21.9. The number of nitrogens with zero attached hydrogens (tertiary/aromatic N) is 2. The van der Waals surface area contributed by atoms with Crippen molar-refractivity contribution in [3.63, 3.8) is 0 Å². The van der Waals surface area contributed by atoms with Gasteiger partial charge in [0.1, 0.15) is 5.75 Å². The molecule has 0 saturated heterocycles. The summed E-state index contributed by atoms with van der Waals surface area (Å²) in [4.78, 5) is 9.29. The van der Waals surface area contributed by atoms with Crippen LogP contribution >= 0.6 is 0 Å². The van der Waals surface area contributed by atoms with Gasteiger partial charge in [-0.2, -0.15) is 0 Å². The van der Waals surface area contributed by atoms with Gasteiger partial charge in [0.05, 0.1) is 24.2 Å². The molecule has 1 aromatic heterocycles. The van der Waals surface area contributed by atoms with Crippen LogP contribution in [0.3, 0.4) is 0 Å². The van der Waals surface area contributed by atoms with E-state index in [9.17, 15) is 0 Å². The predicted molar refractivity (Wildman–Crippen MR) is 144 cm³/mol. The Labute approximate surface area is 209 Å². The molecule has 0 aliphatic heterocycles. The topological polar surface area (TPSA) is 35.0 Å². The first-order valence-corrected chi connectivity index (χ1v) is 14.3. The number of aryl methyl sites for hydroxylation is 1. The van der Waals surface area contributed by atoms with Crippen molar-refractivity contribution >= 4 is 0 Å². The van der Waals surface area contributed by atoms with Crippen molar-refractivity contribution in [2.75, 3.05) is 6.61 Å². The average Bonchev–Trinajstić information content (AvgIpc) is 2.89. The van der Waals surface area contributed by atoms with Gasteiger partial charge in [-0.25, -0.2) is 0 Å². The van der Waals surface area contributed by atoms with Crippen LogP contribution in [0.15, 0.2) is 36.7 Å². The highest BCUT2D eigenvalue weighted by atomic mass is 16.5. The standard InChI is InChI=1S/C31H48N2O/c1-3-5-7-9-11-13-26-15-17-27(18-16-26)25-34-30-21-19-28(20-22-30)31-24-32-29(23-33-31)14-12-10-8-6-4-2/h19-24,26-27H,3-18,25H2,1-2H3/t26-,27-. The van der Waals surface area contributed by atoms with Crippen molar-refractivity contribution < 1.29 is 4.74 Å². The van der Waals surface area contributed by atoms with Crippen molar-refractivity contribution in [2.45, 2.75) is 117 Å². The van der Waals surface area contributed by atoms with Gasteiger partial charge >= 0.3 is 0 Å². The molecular formula is C31H48N2O. The van der Waals surface area contributed by atoms with Gasteiger partial charge in [0.25, 0.3) is 0 Å². The molecule has 0 N–H and O–H groups in total. The fraction of sp³-hybridized carbons (Fsp3) is 0.677. The van der Waals surface area contributed by atoms with Gasteiger partial charge in [-0.15, -0.1) is 0 Å². The SMILES string of the molecule is CCCCCCCc1cnc(-c2ccc(OC[C@H]3CC[C@H](CCCCCCC)CC3)cc2)cn1. The molecule has 0 amide bonds. The molecule has 1 heterocycles. The molecule has 1 aliphatic rings.